The first-order chi connectivity index (χ1) is 15.3. The van der Waals surface area contributed by atoms with Gasteiger partial charge in [0.1, 0.15) is 0 Å². The van der Waals surface area contributed by atoms with E-state index in [-0.39, 0.29) is 29.5 Å². The summed E-state index contributed by atoms with van der Waals surface area (Å²) >= 11 is 0. The third-order valence-electron chi connectivity index (χ3n) is 5.07. The van der Waals surface area contributed by atoms with Crippen molar-refractivity contribution >= 4 is 15.9 Å². The van der Waals surface area contributed by atoms with Crippen LogP contribution in [0.4, 0.5) is 0 Å². The van der Waals surface area contributed by atoms with Crippen LogP contribution in [0.2, 0.25) is 0 Å². The lowest BCUT2D eigenvalue weighted by molar-refractivity contribution is 0.0940. The third kappa shape index (κ3) is 6.03. The number of sulfonamides is 1. The van der Waals surface area contributed by atoms with Gasteiger partial charge in [0.25, 0.3) is 5.91 Å². The predicted octanol–water partition coefficient (Wildman–Crippen LogP) is 4.16. The molecule has 3 aromatic rings. The maximum Gasteiger partial charge on any atom is 0.251 e. The van der Waals surface area contributed by atoms with Gasteiger partial charge in [-0.05, 0) is 54.8 Å². The van der Waals surface area contributed by atoms with Crippen LogP contribution in [-0.2, 0) is 14.8 Å². The summed E-state index contributed by atoms with van der Waals surface area (Å²) in [5, 5.41) is 2.96. The van der Waals surface area contributed by atoms with E-state index in [1.807, 2.05) is 49.4 Å². The number of ether oxygens (including phenoxy) is 1. The molecule has 2 N–H and O–H groups in total. The number of nitrogens with one attached hydrogen (secondary N) is 2. The van der Waals surface area contributed by atoms with E-state index >= 15 is 0 Å². The van der Waals surface area contributed by atoms with Gasteiger partial charge in [0.05, 0.1) is 17.5 Å². The molecular formula is C25H28N2O4S. The Kier molecular flexibility index (Phi) is 7.80. The molecule has 0 spiro atoms. The maximum absolute atomic E-state index is 12.6. The van der Waals surface area contributed by atoms with E-state index in [9.17, 15) is 13.2 Å². The Bertz CT molecular complexity index is 1130. The van der Waals surface area contributed by atoms with Crippen molar-refractivity contribution in [1.82, 2.24) is 10.0 Å². The molecule has 0 aliphatic heterocycles. The molecule has 3 aromatic carbocycles. The molecule has 0 unspecified atom stereocenters. The zero-order valence-electron chi connectivity index (χ0n) is 18.4. The molecule has 7 heteroatoms. The van der Waals surface area contributed by atoms with E-state index in [2.05, 4.69) is 22.2 Å². The number of carbonyl (C=O) groups is 1. The summed E-state index contributed by atoms with van der Waals surface area (Å²) in [5.74, 6) is -0.269. The molecule has 0 aliphatic carbocycles. The summed E-state index contributed by atoms with van der Waals surface area (Å²) in [7, 11) is -2.17. The highest BCUT2D eigenvalue weighted by Crippen LogP contribution is 2.22. The van der Waals surface area contributed by atoms with E-state index in [0.29, 0.717) is 5.56 Å². The molecule has 3 rings (SSSR count). The summed E-state index contributed by atoms with van der Waals surface area (Å²) in [6, 6.07) is 23.5. The average molecular weight is 453 g/mol. The molecule has 0 bridgehead atoms. The minimum absolute atomic E-state index is 0.0987. The SMILES string of the molecule is COC[C@@H](C)NS(=O)(=O)c1ccc(C(=O)N[C@@H](C)c2ccc(-c3ccccc3)cc2)cc1. The van der Waals surface area contributed by atoms with Gasteiger partial charge in [-0.15, -0.1) is 0 Å². The first-order valence-corrected chi connectivity index (χ1v) is 11.9. The van der Waals surface area contributed by atoms with Crippen LogP contribution in [0.15, 0.2) is 83.8 Å². The van der Waals surface area contributed by atoms with Crippen molar-refractivity contribution in [3.05, 3.63) is 90.0 Å². The van der Waals surface area contributed by atoms with Crippen LogP contribution in [-0.4, -0.2) is 34.1 Å². The first-order valence-electron chi connectivity index (χ1n) is 10.4. The number of hydrogen-bond acceptors (Lipinski definition) is 4. The molecule has 1 amide bonds. The Labute approximate surface area is 189 Å². The average Bonchev–Trinajstić information content (AvgIpc) is 2.79. The molecule has 32 heavy (non-hydrogen) atoms. The Morgan fingerprint density at radius 1 is 0.875 bits per heavy atom. The first kappa shape index (κ1) is 23.7. The minimum Gasteiger partial charge on any atom is -0.383 e. The lowest BCUT2D eigenvalue weighted by atomic mass is 10.0. The number of hydrogen-bond donors (Lipinski definition) is 2. The Balaban J connectivity index is 1.64. The smallest absolute Gasteiger partial charge is 0.251 e. The zero-order valence-corrected chi connectivity index (χ0v) is 19.2. The zero-order chi connectivity index (χ0) is 23.1. The van der Waals surface area contributed by atoms with Crippen LogP contribution in [0, 0.1) is 0 Å². The Morgan fingerprint density at radius 3 is 2.06 bits per heavy atom. The minimum atomic E-state index is -3.68. The molecule has 0 aromatic heterocycles. The van der Waals surface area contributed by atoms with E-state index in [4.69, 9.17) is 4.74 Å². The molecule has 0 aliphatic rings. The summed E-state index contributed by atoms with van der Waals surface area (Å²) in [6.07, 6.45) is 0. The molecule has 0 saturated carbocycles. The maximum atomic E-state index is 12.6. The van der Waals surface area contributed by atoms with Crippen LogP contribution in [0.3, 0.4) is 0 Å². The van der Waals surface area contributed by atoms with Crippen molar-refractivity contribution in [2.75, 3.05) is 13.7 Å². The second-order valence-electron chi connectivity index (χ2n) is 7.69. The lowest BCUT2D eigenvalue weighted by Crippen LogP contribution is -2.35. The van der Waals surface area contributed by atoms with Crippen molar-refractivity contribution in [1.29, 1.82) is 0 Å². The number of methoxy groups -OCH3 is 1. The second kappa shape index (κ2) is 10.5. The van der Waals surface area contributed by atoms with Crippen LogP contribution in [0.25, 0.3) is 11.1 Å². The monoisotopic (exact) mass is 452 g/mol. The standard InChI is InChI=1S/C25H28N2O4S/c1-18(17-31-3)27-32(29,30)24-15-13-23(14-16-24)25(28)26-19(2)20-9-11-22(12-10-20)21-7-5-4-6-8-21/h4-16,18-19,27H,17H2,1-3H3,(H,26,28)/t18-,19+/m1/s1. The van der Waals surface area contributed by atoms with Crippen LogP contribution < -0.4 is 10.0 Å². The molecule has 0 radical (unpaired) electrons. The van der Waals surface area contributed by atoms with Gasteiger partial charge in [0, 0.05) is 18.7 Å². The predicted molar refractivity (Wildman–Crippen MR) is 126 cm³/mol. The molecule has 0 fully saturated rings. The normalized spacial score (nSPS) is 13.3. The van der Waals surface area contributed by atoms with Crippen molar-refractivity contribution in [3.63, 3.8) is 0 Å². The van der Waals surface area contributed by atoms with Gasteiger partial charge in [0.15, 0.2) is 0 Å². The third-order valence-corrected chi connectivity index (χ3v) is 6.67. The van der Waals surface area contributed by atoms with Crippen molar-refractivity contribution < 1.29 is 17.9 Å². The van der Waals surface area contributed by atoms with Crippen molar-refractivity contribution in [2.45, 2.75) is 30.8 Å². The number of rotatable bonds is 9. The van der Waals surface area contributed by atoms with Gasteiger partial charge in [-0.3, -0.25) is 4.79 Å². The van der Waals surface area contributed by atoms with Crippen molar-refractivity contribution in [2.24, 2.45) is 0 Å². The highest BCUT2D eigenvalue weighted by atomic mass is 32.2. The number of benzene rings is 3. The fraction of sp³-hybridized carbons (Fsp3) is 0.240. The topological polar surface area (TPSA) is 84.5 Å². The van der Waals surface area contributed by atoms with E-state index in [1.54, 1.807) is 6.92 Å². The van der Waals surface area contributed by atoms with E-state index in [0.717, 1.165) is 16.7 Å². The second-order valence-corrected chi connectivity index (χ2v) is 9.40. The number of amides is 1. The largest absolute Gasteiger partial charge is 0.383 e. The Hall–Kier alpha value is -3.00. The van der Waals surface area contributed by atoms with Crippen molar-refractivity contribution in [3.8, 4) is 11.1 Å². The molecular weight excluding hydrogens is 424 g/mol. The molecule has 6 nitrogen and oxygen atoms in total. The van der Waals surface area contributed by atoms with Gasteiger partial charge in [0.2, 0.25) is 10.0 Å². The molecule has 0 heterocycles. The molecule has 168 valence electrons. The Morgan fingerprint density at radius 2 is 1.47 bits per heavy atom. The van der Waals surface area contributed by atoms with E-state index < -0.39 is 10.0 Å². The molecule has 0 saturated heterocycles. The lowest BCUT2D eigenvalue weighted by Gasteiger charge is -2.16. The summed E-state index contributed by atoms with van der Waals surface area (Å²) < 4.78 is 32.3. The van der Waals surface area contributed by atoms with Gasteiger partial charge in [-0.25, -0.2) is 13.1 Å². The quantitative estimate of drug-likeness (QED) is 0.511. The fourth-order valence-corrected chi connectivity index (χ4v) is 4.59. The van der Waals surface area contributed by atoms with Crippen LogP contribution in [0.1, 0.15) is 35.8 Å². The van der Waals surface area contributed by atoms with E-state index in [1.165, 1.54) is 31.4 Å². The van der Waals surface area contributed by atoms with Gasteiger partial charge in [-0.1, -0.05) is 54.6 Å². The van der Waals surface area contributed by atoms with Crippen LogP contribution in [0.5, 0.6) is 0 Å². The van der Waals surface area contributed by atoms with Gasteiger partial charge < -0.3 is 10.1 Å². The van der Waals surface area contributed by atoms with Crippen LogP contribution >= 0.6 is 0 Å². The van der Waals surface area contributed by atoms with Gasteiger partial charge in [-0.2, -0.15) is 0 Å². The summed E-state index contributed by atoms with van der Waals surface area (Å²) in [4.78, 5) is 12.7. The highest BCUT2D eigenvalue weighted by molar-refractivity contribution is 7.89. The highest BCUT2D eigenvalue weighted by Gasteiger charge is 2.18. The number of carbonyl (C=O) groups excluding carboxylic acids is 1. The van der Waals surface area contributed by atoms with Gasteiger partial charge >= 0.3 is 0 Å². The summed E-state index contributed by atoms with van der Waals surface area (Å²) in [5.41, 5.74) is 3.62. The fourth-order valence-electron chi connectivity index (χ4n) is 3.36. The molecule has 2 atom stereocenters. The summed E-state index contributed by atoms with van der Waals surface area (Å²) in [6.45, 7) is 3.90.